The lowest BCUT2D eigenvalue weighted by atomic mass is 10.2. The van der Waals surface area contributed by atoms with Gasteiger partial charge in [-0.3, -0.25) is 14.3 Å². The largest absolute Gasteiger partial charge is 0.502 e. The first-order chi connectivity index (χ1) is 13.9. The van der Waals surface area contributed by atoms with Crippen LogP contribution in [0.25, 0.3) is 10.6 Å². The summed E-state index contributed by atoms with van der Waals surface area (Å²) in [5.74, 6) is -1.36. The van der Waals surface area contributed by atoms with Crippen molar-refractivity contribution in [3.63, 3.8) is 0 Å². The first kappa shape index (κ1) is 19.1. The van der Waals surface area contributed by atoms with Crippen LogP contribution in [-0.2, 0) is 6.42 Å². The van der Waals surface area contributed by atoms with Crippen molar-refractivity contribution in [2.75, 3.05) is 12.0 Å². The Morgan fingerprint density at radius 1 is 1.24 bits per heavy atom. The predicted molar refractivity (Wildman–Crippen MR) is 106 cm³/mol. The zero-order valence-electron chi connectivity index (χ0n) is 15.7. The molecule has 1 unspecified atom stereocenters. The molecule has 1 amide bonds. The van der Waals surface area contributed by atoms with Crippen molar-refractivity contribution in [2.24, 2.45) is 0 Å². The van der Waals surface area contributed by atoms with E-state index in [1.807, 2.05) is 13.8 Å². The minimum atomic E-state index is -0.679. The minimum absolute atomic E-state index is 0.102. The van der Waals surface area contributed by atoms with Gasteiger partial charge in [-0.15, -0.1) is 10.2 Å². The Morgan fingerprint density at radius 2 is 1.97 bits per heavy atom. The molecular formula is C19H18FN5O3S. The summed E-state index contributed by atoms with van der Waals surface area (Å²) in [7, 11) is 0. The van der Waals surface area contributed by atoms with Crippen LogP contribution in [-0.4, -0.2) is 43.5 Å². The van der Waals surface area contributed by atoms with Crippen molar-refractivity contribution in [2.45, 2.75) is 26.4 Å². The summed E-state index contributed by atoms with van der Waals surface area (Å²) in [5.41, 5.74) is 3.29. The predicted octanol–water partition coefficient (Wildman–Crippen LogP) is 2.17. The Kier molecular flexibility index (Phi) is 4.79. The summed E-state index contributed by atoms with van der Waals surface area (Å²) in [6.07, 6.45) is 1.59. The Balaban J connectivity index is 1.70. The van der Waals surface area contributed by atoms with Gasteiger partial charge in [0.2, 0.25) is 5.43 Å². The van der Waals surface area contributed by atoms with Crippen LogP contribution in [0.1, 0.15) is 34.9 Å². The Hall–Kier alpha value is -3.27. The summed E-state index contributed by atoms with van der Waals surface area (Å²) in [6.45, 7) is 4.07. The molecule has 0 saturated carbocycles. The number of fused-ring (bicyclic) bond motifs is 1. The molecular weight excluding hydrogens is 397 g/mol. The maximum Gasteiger partial charge on any atom is 0.278 e. The molecule has 8 nitrogen and oxygen atoms in total. The van der Waals surface area contributed by atoms with Gasteiger partial charge in [0.15, 0.2) is 16.5 Å². The van der Waals surface area contributed by atoms with Gasteiger partial charge in [0.05, 0.1) is 5.56 Å². The highest BCUT2D eigenvalue weighted by Gasteiger charge is 2.33. The van der Waals surface area contributed by atoms with Crippen molar-refractivity contribution in [1.29, 1.82) is 0 Å². The van der Waals surface area contributed by atoms with Crippen LogP contribution >= 0.6 is 11.3 Å². The minimum Gasteiger partial charge on any atom is -0.502 e. The summed E-state index contributed by atoms with van der Waals surface area (Å²) >= 11 is 1.20. The van der Waals surface area contributed by atoms with E-state index in [-0.39, 0.29) is 23.2 Å². The second-order valence-electron chi connectivity index (χ2n) is 6.64. The first-order valence-electron chi connectivity index (χ1n) is 9.02. The molecule has 3 aromatic rings. The molecule has 0 aliphatic carbocycles. The zero-order chi connectivity index (χ0) is 20.7. The van der Waals surface area contributed by atoms with E-state index < -0.39 is 17.1 Å². The first-order valence-corrected chi connectivity index (χ1v) is 9.84. The second-order valence-corrected chi connectivity index (χ2v) is 7.70. The van der Waals surface area contributed by atoms with Gasteiger partial charge in [0.25, 0.3) is 5.91 Å². The fourth-order valence-corrected chi connectivity index (χ4v) is 4.15. The quantitative estimate of drug-likeness (QED) is 0.677. The van der Waals surface area contributed by atoms with Crippen LogP contribution in [0.4, 0.5) is 4.39 Å². The maximum absolute atomic E-state index is 13.1. The van der Waals surface area contributed by atoms with Crippen molar-refractivity contribution in [1.82, 2.24) is 19.8 Å². The van der Waals surface area contributed by atoms with E-state index in [0.717, 1.165) is 5.56 Å². The van der Waals surface area contributed by atoms with E-state index in [4.69, 9.17) is 0 Å². The van der Waals surface area contributed by atoms with E-state index in [1.54, 1.807) is 12.1 Å². The van der Waals surface area contributed by atoms with Crippen LogP contribution in [0.15, 0.2) is 35.3 Å². The number of benzene rings is 1. The van der Waals surface area contributed by atoms with Crippen LogP contribution in [0.5, 0.6) is 5.75 Å². The molecule has 0 spiro atoms. The monoisotopic (exact) mass is 415 g/mol. The molecule has 29 heavy (non-hydrogen) atoms. The molecule has 0 fully saturated rings. The number of carbonyl (C=O) groups excluding carboxylic acids is 1. The number of hydrogen-bond acceptors (Lipinski definition) is 7. The smallest absolute Gasteiger partial charge is 0.278 e. The third-order valence-corrected chi connectivity index (χ3v) is 5.70. The average molecular weight is 415 g/mol. The van der Waals surface area contributed by atoms with E-state index in [0.29, 0.717) is 23.0 Å². The molecule has 0 bridgehead atoms. The summed E-state index contributed by atoms with van der Waals surface area (Å²) in [4.78, 5) is 26.8. The molecule has 3 heterocycles. The number of amides is 1. The number of hydrogen-bond donors (Lipinski definition) is 2. The molecule has 1 aromatic carbocycles. The van der Waals surface area contributed by atoms with Crippen molar-refractivity contribution in [3.05, 3.63) is 62.8 Å². The topological polar surface area (TPSA) is 100 Å². The fourth-order valence-electron chi connectivity index (χ4n) is 3.27. The standard InChI is InChI=1S/C19H18FN5O3S/c1-3-24-10(2)23-25-9-13(16(26)17(27)15(25)19(24)28)18-22-21-14(29-18)8-11-4-6-12(20)7-5-11/h4-7,9-10,23,27H,3,8H2,1-2H3. The molecule has 1 aliphatic heterocycles. The molecule has 1 atom stereocenters. The number of pyridine rings is 1. The highest BCUT2D eigenvalue weighted by molar-refractivity contribution is 7.14. The van der Waals surface area contributed by atoms with Gasteiger partial charge in [-0.05, 0) is 31.5 Å². The van der Waals surface area contributed by atoms with Gasteiger partial charge in [-0.2, -0.15) is 0 Å². The normalized spacial score (nSPS) is 15.9. The maximum atomic E-state index is 13.1. The Morgan fingerprint density at radius 3 is 2.66 bits per heavy atom. The fraction of sp³-hybridized carbons (Fsp3) is 0.263. The van der Waals surface area contributed by atoms with E-state index in [2.05, 4.69) is 15.6 Å². The number of aromatic nitrogens is 3. The van der Waals surface area contributed by atoms with Crippen molar-refractivity contribution in [3.8, 4) is 16.3 Å². The summed E-state index contributed by atoms with van der Waals surface area (Å²) in [5, 5.41) is 19.6. The van der Waals surface area contributed by atoms with Gasteiger partial charge in [-0.25, -0.2) is 4.39 Å². The molecule has 2 N–H and O–H groups in total. The Labute approximate surface area is 169 Å². The lowest BCUT2D eigenvalue weighted by molar-refractivity contribution is 0.0663. The summed E-state index contributed by atoms with van der Waals surface area (Å²) < 4.78 is 14.4. The molecule has 150 valence electrons. The van der Waals surface area contributed by atoms with Crippen molar-refractivity contribution >= 4 is 17.2 Å². The van der Waals surface area contributed by atoms with E-state index >= 15 is 0 Å². The average Bonchev–Trinajstić information content (AvgIpc) is 3.14. The Bertz CT molecular complexity index is 1140. The van der Waals surface area contributed by atoms with Gasteiger partial charge in [0.1, 0.15) is 17.0 Å². The number of nitrogens with one attached hydrogen (secondary N) is 1. The summed E-state index contributed by atoms with van der Waals surface area (Å²) in [6, 6.07) is 6.06. The van der Waals surface area contributed by atoms with E-state index in [9.17, 15) is 19.1 Å². The molecule has 2 aromatic heterocycles. The van der Waals surface area contributed by atoms with Gasteiger partial charge < -0.3 is 15.4 Å². The molecule has 10 heteroatoms. The van der Waals surface area contributed by atoms with Gasteiger partial charge >= 0.3 is 0 Å². The van der Waals surface area contributed by atoms with Crippen LogP contribution < -0.4 is 10.9 Å². The molecule has 4 rings (SSSR count). The lowest BCUT2D eigenvalue weighted by Crippen LogP contribution is -2.52. The molecule has 0 saturated heterocycles. The van der Waals surface area contributed by atoms with Crippen LogP contribution in [0, 0.1) is 5.82 Å². The van der Waals surface area contributed by atoms with Gasteiger partial charge in [0, 0.05) is 19.2 Å². The highest BCUT2D eigenvalue weighted by Crippen LogP contribution is 2.27. The lowest BCUT2D eigenvalue weighted by Gasteiger charge is -2.36. The number of nitrogens with zero attached hydrogens (tertiary/aromatic N) is 4. The third-order valence-electron chi connectivity index (χ3n) is 4.75. The van der Waals surface area contributed by atoms with Gasteiger partial charge in [-0.1, -0.05) is 23.5 Å². The number of carbonyl (C=O) groups is 1. The molecule has 1 aliphatic rings. The third kappa shape index (κ3) is 3.35. The van der Waals surface area contributed by atoms with Crippen molar-refractivity contribution < 1.29 is 14.3 Å². The zero-order valence-corrected chi connectivity index (χ0v) is 16.5. The number of aromatic hydroxyl groups is 1. The van der Waals surface area contributed by atoms with Crippen LogP contribution in [0.2, 0.25) is 0 Å². The molecule has 0 radical (unpaired) electrons. The number of rotatable bonds is 4. The van der Waals surface area contributed by atoms with E-state index in [1.165, 1.54) is 39.2 Å². The number of halogens is 1. The van der Waals surface area contributed by atoms with Crippen LogP contribution in [0.3, 0.4) is 0 Å². The SMILES string of the molecule is CCN1C(=O)c2c(O)c(=O)c(-c3nnc(Cc4ccc(F)cc4)s3)cn2NC1C. The highest BCUT2D eigenvalue weighted by atomic mass is 32.1. The second kappa shape index (κ2) is 7.28.